The molecule has 1 fully saturated rings. The number of urea groups is 1. The van der Waals surface area contributed by atoms with Crippen LogP contribution in [0.2, 0.25) is 10.0 Å². The maximum Gasteiger partial charge on any atom is 0.318 e. The van der Waals surface area contributed by atoms with Crippen LogP contribution in [-0.4, -0.2) is 42.8 Å². The first-order valence-corrected chi connectivity index (χ1v) is 12.4. The predicted octanol–water partition coefficient (Wildman–Crippen LogP) is 4.67. The number of rotatable bonds is 7. The topological polar surface area (TPSA) is 111 Å². The van der Waals surface area contributed by atoms with Gasteiger partial charge in [0.15, 0.2) is 0 Å². The van der Waals surface area contributed by atoms with Crippen LogP contribution in [0.25, 0.3) is 11.3 Å². The Labute approximate surface area is 213 Å². The molecule has 3 heterocycles. The van der Waals surface area contributed by atoms with Crippen molar-refractivity contribution in [2.75, 3.05) is 12.3 Å². The molecule has 0 bridgehead atoms. The van der Waals surface area contributed by atoms with Gasteiger partial charge >= 0.3 is 6.03 Å². The van der Waals surface area contributed by atoms with Crippen LogP contribution < -0.4 is 15.8 Å². The van der Waals surface area contributed by atoms with E-state index in [1.165, 1.54) is 0 Å². The normalized spacial score (nSPS) is 16.0. The van der Waals surface area contributed by atoms with Gasteiger partial charge in [-0.1, -0.05) is 30.1 Å². The lowest BCUT2D eigenvalue weighted by Crippen LogP contribution is -2.55. The van der Waals surface area contributed by atoms with Gasteiger partial charge in [-0.25, -0.2) is 14.8 Å². The summed E-state index contributed by atoms with van der Waals surface area (Å²) in [5, 5.41) is 8.25. The van der Waals surface area contributed by atoms with E-state index in [-0.39, 0.29) is 17.5 Å². The molecule has 0 spiro atoms. The number of carbonyl (C=O) groups excluding carboxylic acids is 1. The highest BCUT2D eigenvalue weighted by Gasteiger charge is 2.39. The van der Waals surface area contributed by atoms with E-state index in [1.807, 2.05) is 12.3 Å². The molecule has 0 radical (unpaired) electrons. The molecule has 3 N–H and O–H groups in total. The van der Waals surface area contributed by atoms with E-state index in [0.29, 0.717) is 59.0 Å². The third-order valence-electron chi connectivity index (χ3n) is 6.84. The lowest BCUT2D eigenvalue weighted by Gasteiger charge is -2.42. The van der Waals surface area contributed by atoms with Gasteiger partial charge in [-0.05, 0) is 43.9 Å². The number of hydrogen-bond acceptors (Lipinski definition) is 6. The number of nitrogens with zero attached hydrogens (tertiary/aromatic N) is 5. The summed E-state index contributed by atoms with van der Waals surface area (Å²) in [5.41, 5.74) is 8.60. The highest BCUT2D eigenvalue weighted by atomic mass is 35.5. The van der Waals surface area contributed by atoms with Gasteiger partial charge in [-0.15, -0.1) is 0 Å². The molecule has 5 rings (SSSR count). The Balaban J connectivity index is 1.43. The van der Waals surface area contributed by atoms with E-state index >= 15 is 0 Å². The number of nitrogens with two attached hydrogens (primary N) is 1. The first-order valence-electron chi connectivity index (χ1n) is 11.7. The maximum absolute atomic E-state index is 13.1. The fraction of sp³-hybridized carbons (Fsp3) is 0.417. The van der Waals surface area contributed by atoms with E-state index in [0.717, 1.165) is 31.2 Å². The lowest BCUT2D eigenvalue weighted by atomic mass is 9.75. The molecule has 2 aromatic heterocycles. The summed E-state index contributed by atoms with van der Waals surface area (Å²) in [7, 11) is 0. The second-order valence-electron chi connectivity index (χ2n) is 9.01. The first-order chi connectivity index (χ1) is 16.9. The minimum Gasteiger partial charge on any atom is -0.491 e. The van der Waals surface area contributed by atoms with Crippen molar-refractivity contribution in [1.82, 2.24) is 30.0 Å². The molecular weight excluding hydrogens is 489 g/mol. The quantitative estimate of drug-likeness (QED) is 0.472. The van der Waals surface area contributed by atoms with E-state index < -0.39 is 0 Å². The largest absolute Gasteiger partial charge is 0.491 e. The number of carbonyl (C=O) groups is 1. The monoisotopic (exact) mass is 515 g/mol. The van der Waals surface area contributed by atoms with E-state index in [1.54, 1.807) is 27.9 Å². The number of benzene rings is 1. The number of fused-ring (bicyclic) bond motifs is 1. The molecule has 0 atom stereocenters. The highest BCUT2D eigenvalue weighted by molar-refractivity contribution is 6.37. The fourth-order valence-electron chi connectivity index (χ4n) is 4.68. The maximum atomic E-state index is 13.1. The van der Waals surface area contributed by atoms with Crippen LogP contribution in [0.3, 0.4) is 0 Å². The summed E-state index contributed by atoms with van der Waals surface area (Å²) in [6, 6.07) is 5.10. The minimum absolute atomic E-state index is 0.103. The van der Waals surface area contributed by atoms with Crippen LogP contribution in [0.5, 0.6) is 5.75 Å². The van der Waals surface area contributed by atoms with Crippen molar-refractivity contribution in [1.29, 1.82) is 0 Å². The van der Waals surface area contributed by atoms with Crippen molar-refractivity contribution >= 4 is 35.2 Å². The van der Waals surface area contributed by atoms with Gasteiger partial charge in [0.1, 0.15) is 12.4 Å². The van der Waals surface area contributed by atoms with Crippen LogP contribution in [0.15, 0.2) is 30.6 Å². The predicted molar refractivity (Wildman–Crippen MR) is 134 cm³/mol. The zero-order chi connectivity index (χ0) is 24.6. The molecule has 0 saturated heterocycles. The SMILES string of the molecule is CCC1(NC(=O)N2Cc3nc(N)nc(-c4c(Cl)cc(Cl)cc4OCCn4cccn4)c3C2)CCC1. The Morgan fingerprint density at radius 3 is 2.77 bits per heavy atom. The number of anilines is 1. The number of amides is 2. The van der Waals surface area contributed by atoms with Gasteiger partial charge in [0, 0.05) is 28.5 Å². The Morgan fingerprint density at radius 2 is 2.09 bits per heavy atom. The second kappa shape index (κ2) is 9.54. The van der Waals surface area contributed by atoms with Gasteiger partial charge in [0.2, 0.25) is 5.95 Å². The standard InChI is InChI=1S/C24H27Cl2N7O2/c1-2-24(5-3-6-24)31-23(34)32-13-16-18(14-32)29-22(27)30-21(16)20-17(26)11-15(25)12-19(20)35-10-9-33-8-4-7-28-33/h4,7-8,11-12H,2-3,5-6,9-10,13-14H2,1H3,(H,31,34)(H2,27,29,30). The van der Waals surface area contributed by atoms with Gasteiger partial charge in [0.05, 0.1) is 41.6 Å². The van der Waals surface area contributed by atoms with Crippen molar-refractivity contribution in [3.05, 3.63) is 51.9 Å². The third kappa shape index (κ3) is 4.75. The average Bonchev–Trinajstić information content (AvgIpc) is 3.45. The van der Waals surface area contributed by atoms with Gasteiger partial charge in [-0.3, -0.25) is 4.68 Å². The molecule has 1 saturated carbocycles. The van der Waals surface area contributed by atoms with E-state index in [9.17, 15) is 4.79 Å². The number of aromatic nitrogens is 4. The third-order valence-corrected chi connectivity index (χ3v) is 7.36. The van der Waals surface area contributed by atoms with Crippen molar-refractivity contribution in [3.63, 3.8) is 0 Å². The summed E-state index contributed by atoms with van der Waals surface area (Å²) < 4.78 is 7.85. The molecule has 3 aromatic rings. The number of nitrogens with one attached hydrogen (secondary N) is 1. The van der Waals surface area contributed by atoms with E-state index in [4.69, 9.17) is 33.7 Å². The van der Waals surface area contributed by atoms with Crippen LogP contribution >= 0.6 is 23.2 Å². The molecule has 35 heavy (non-hydrogen) atoms. The minimum atomic E-state index is -0.105. The first kappa shape index (κ1) is 23.7. The smallest absolute Gasteiger partial charge is 0.318 e. The molecular formula is C24H27Cl2N7O2. The van der Waals surface area contributed by atoms with Crippen molar-refractivity contribution < 1.29 is 9.53 Å². The summed E-state index contributed by atoms with van der Waals surface area (Å²) in [6.45, 7) is 3.71. The summed E-state index contributed by atoms with van der Waals surface area (Å²) in [5.74, 6) is 0.593. The van der Waals surface area contributed by atoms with Gasteiger partial charge in [-0.2, -0.15) is 5.10 Å². The molecule has 2 amide bonds. The summed E-state index contributed by atoms with van der Waals surface area (Å²) in [6.07, 6.45) is 7.64. The number of ether oxygens (including phenoxy) is 1. The Bertz CT molecular complexity index is 1240. The molecule has 9 nitrogen and oxygen atoms in total. The van der Waals surface area contributed by atoms with Crippen LogP contribution in [0, 0.1) is 0 Å². The van der Waals surface area contributed by atoms with E-state index in [2.05, 4.69) is 27.3 Å². The molecule has 0 unspecified atom stereocenters. The van der Waals surface area contributed by atoms with Gasteiger partial charge in [0.25, 0.3) is 0 Å². The van der Waals surface area contributed by atoms with Gasteiger partial charge < -0.3 is 20.7 Å². The molecule has 11 heteroatoms. The number of hydrogen-bond donors (Lipinski definition) is 2. The zero-order valence-electron chi connectivity index (χ0n) is 19.4. The number of halogens is 2. The Hall–Kier alpha value is -3.04. The lowest BCUT2D eigenvalue weighted by molar-refractivity contribution is 0.146. The van der Waals surface area contributed by atoms with Crippen LogP contribution in [0.1, 0.15) is 43.9 Å². The van der Waals surface area contributed by atoms with Crippen molar-refractivity contribution in [2.24, 2.45) is 0 Å². The Morgan fingerprint density at radius 1 is 1.26 bits per heavy atom. The molecule has 1 aromatic carbocycles. The molecule has 184 valence electrons. The molecule has 1 aliphatic carbocycles. The molecule has 2 aliphatic rings. The highest BCUT2D eigenvalue weighted by Crippen LogP contribution is 2.42. The van der Waals surface area contributed by atoms with Crippen molar-refractivity contribution in [3.8, 4) is 17.0 Å². The molecule has 1 aliphatic heterocycles. The second-order valence-corrected chi connectivity index (χ2v) is 9.85. The van der Waals surface area contributed by atoms with Crippen molar-refractivity contribution in [2.45, 2.75) is 57.8 Å². The number of nitrogen functional groups attached to an aromatic ring is 1. The van der Waals surface area contributed by atoms with Crippen LogP contribution in [0.4, 0.5) is 10.7 Å². The Kier molecular flexibility index (Phi) is 6.46. The van der Waals surface area contributed by atoms with Crippen LogP contribution in [-0.2, 0) is 19.6 Å². The summed E-state index contributed by atoms with van der Waals surface area (Å²) >= 11 is 13.0. The summed E-state index contributed by atoms with van der Waals surface area (Å²) in [4.78, 5) is 23.8. The average molecular weight is 516 g/mol. The fourth-order valence-corrected chi connectivity index (χ4v) is 5.24. The zero-order valence-corrected chi connectivity index (χ0v) is 20.9.